The minimum Gasteiger partial charge on any atom is -0.497 e. The van der Waals surface area contributed by atoms with Gasteiger partial charge in [0.25, 0.3) is 0 Å². The number of ether oxygens (including phenoxy) is 1. The lowest BCUT2D eigenvalue weighted by Gasteiger charge is -2.17. The van der Waals surface area contributed by atoms with Gasteiger partial charge in [-0.15, -0.1) is 0 Å². The quantitative estimate of drug-likeness (QED) is 0.568. The molecule has 1 aromatic rings. The predicted molar refractivity (Wildman–Crippen MR) is 73.8 cm³/mol. The molecule has 6 nitrogen and oxygen atoms in total. The van der Waals surface area contributed by atoms with Crippen LogP contribution in [-0.4, -0.2) is 19.7 Å². The van der Waals surface area contributed by atoms with E-state index in [1.807, 2.05) is 0 Å². The lowest BCUT2D eigenvalue weighted by atomic mass is 10.3. The zero-order chi connectivity index (χ0) is 15.2. The molecule has 1 unspecified atom stereocenters. The van der Waals surface area contributed by atoms with Crippen molar-refractivity contribution in [1.82, 2.24) is 0 Å². The maximum Gasteiger partial charge on any atom is 0.590 e. The first-order chi connectivity index (χ1) is 9.40. The van der Waals surface area contributed by atoms with Gasteiger partial charge < -0.3 is 13.8 Å². The Labute approximate surface area is 117 Å². The van der Waals surface area contributed by atoms with Gasteiger partial charge in [-0.05, 0) is 38.1 Å². The minimum atomic E-state index is -4.03. The second kappa shape index (κ2) is 7.12. The summed E-state index contributed by atoms with van der Waals surface area (Å²) in [4.78, 5) is 11.4. The van der Waals surface area contributed by atoms with Crippen molar-refractivity contribution in [1.29, 1.82) is 0 Å². The molecule has 7 heteroatoms. The Morgan fingerprint density at radius 1 is 1.25 bits per heavy atom. The Morgan fingerprint density at radius 3 is 2.25 bits per heavy atom. The first-order valence-electron chi connectivity index (χ1n) is 5.88. The highest BCUT2D eigenvalue weighted by Gasteiger charge is 2.32. The molecule has 0 spiro atoms. The fraction of sp³-hybridized carbons (Fsp3) is 0.308. The normalized spacial score (nSPS) is 13.2. The van der Waals surface area contributed by atoms with E-state index < -0.39 is 13.8 Å². The number of carbonyl (C=O) groups is 1. The average Bonchev–Trinajstić information content (AvgIpc) is 2.39. The van der Waals surface area contributed by atoms with Crippen LogP contribution in [0.2, 0.25) is 0 Å². The topological polar surface area (TPSA) is 71.1 Å². The second-order valence-corrected chi connectivity index (χ2v) is 5.31. The summed E-state index contributed by atoms with van der Waals surface area (Å²) >= 11 is 0. The number of hydrogen-bond acceptors (Lipinski definition) is 6. The van der Waals surface area contributed by atoms with Crippen molar-refractivity contribution in [2.45, 2.75) is 13.8 Å². The fourth-order valence-corrected chi connectivity index (χ4v) is 2.37. The summed E-state index contributed by atoms with van der Waals surface area (Å²) in [6.07, 6.45) is 0. The Balaban J connectivity index is 2.86. The minimum absolute atomic E-state index is 0.0664. The zero-order valence-corrected chi connectivity index (χ0v) is 12.5. The van der Waals surface area contributed by atoms with Crippen LogP contribution in [0.5, 0.6) is 11.5 Å². The Hall–Kier alpha value is -1.78. The van der Waals surface area contributed by atoms with Crippen LogP contribution in [0.3, 0.4) is 0 Å². The van der Waals surface area contributed by atoms with Gasteiger partial charge in [0.05, 0.1) is 13.7 Å². The molecule has 110 valence electrons. The van der Waals surface area contributed by atoms with Gasteiger partial charge in [0, 0.05) is 5.57 Å². The first-order valence-corrected chi connectivity index (χ1v) is 7.34. The van der Waals surface area contributed by atoms with Crippen LogP contribution in [0.1, 0.15) is 13.8 Å². The van der Waals surface area contributed by atoms with Gasteiger partial charge >= 0.3 is 13.8 Å². The van der Waals surface area contributed by atoms with E-state index in [0.29, 0.717) is 5.75 Å². The molecule has 1 aromatic carbocycles. The fourth-order valence-electron chi connectivity index (χ4n) is 1.17. The Kier molecular flexibility index (Phi) is 5.80. The highest BCUT2D eigenvalue weighted by atomic mass is 31.2. The molecule has 0 bridgehead atoms. The molecular formula is C13H17O6P. The van der Waals surface area contributed by atoms with Crippen LogP contribution in [0.25, 0.3) is 0 Å². The van der Waals surface area contributed by atoms with Gasteiger partial charge in [0.15, 0.2) is 0 Å². The number of phosphoric ester groups is 1. The second-order valence-electron chi connectivity index (χ2n) is 3.79. The molecule has 0 amide bonds. The molecule has 0 aliphatic heterocycles. The first kappa shape index (κ1) is 16.3. The van der Waals surface area contributed by atoms with Gasteiger partial charge in [-0.3, -0.25) is 4.52 Å². The molecule has 1 rings (SSSR count). The van der Waals surface area contributed by atoms with Crippen molar-refractivity contribution < 1.29 is 27.7 Å². The lowest BCUT2D eigenvalue weighted by Crippen LogP contribution is -2.09. The standard InChI is InChI=1S/C13H17O6P/c1-5-17-20(15,19-13(14)10(2)3)18-12-8-6-11(16-4)7-9-12/h6-9H,2,5H2,1,3-4H3. The maximum absolute atomic E-state index is 12.3. The summed E-state index contributed by atoms with van der Waals surface area (Å²) in [5, 5.41) is 0. The number of benzene rings is 1. The van der Waals surface area contributed by atoms with Crippen LogP contribution >= 0.6 is 7.82 Å². The van der Waals surface area contributed by atoms with E-state index in [-0.39, 0.29) is 17.9 Å². The van der Waals surface area contributed by atoms with E-state index in [4.69, 9.17) is 18.3 Å². The van der Waals surface area contributed by atoms with Crippen LogP contribution in [-0.2, 0) is 18.4 Å². The number of hydrogen-bond donors (Lipinski definition) is 0. The van der Waals surface area contributed by atoms with Crippen LogP contribution in [0.4, 0.5) is 0 Å². The van der Waals surface area contributed by atoms with Crippen molar-refractivity contribution in [3.63, 3.8) is 0 Å². The van der Waals surface area contributed by atoms with Gasteiger partial charge in [-0.1, -0.05) is 6.58 Å². The summed E-state index contributed by atoms with van der Waals surface area (Å²) in [5.74, 6) is 0.00918. The van der Waals surface area contributed by atoms with Crippen LogP contribution < -0.4 is 9.26 Å². The van der Waals surface area contributed by atoms with Crippen LogP contribution in [0, 0.1) is 0 Å². The largest absolute Gasteiger partial charge is 0.590 e. The molecule has 0 aliphatic carbocycles. The SMILES string of the molecule is C=C(C)C(=O)OP(=O)(OCC)Oc1ccc(OC)cc1. The van der Waals surface area contributed by atoms with Crippen LogP contribution in [0.15, 0.2) is 36.4 Å². The summed E-state index contributed by atoms with van der Waals surface area (Å²) in [6, 6.07) is 6.29. The highest BCUT2D eigenvalue weighted by molar-refractivity contribution is 7.49. The maximum atomic E-state index is 12.3. The summed E-state index contributed by atoms with van der Waals surface area (Å²) < 4.78 is 32.1. The molecular weight excluding hydrogens is 283 g/mol. The average molecular weight is 300 g/mol. The van der Waals surface area contributed by atoms with E-state index in [9.17, 15) is 9.36 Å². The molecule has 0 fully saturated rings. The van der Waals surface area contributed by atoms with Gasteiger partial charge in [-0.25, -0.2) is 9.36 Å². The summed E-state index contributed by atoms with van der Waals surface area (Å²) in [7, 11) is -2.50. The monoisotopic (exact) mass is 300 g/mol. The third kappa shape index (κ3) is 4.72. The van der Waals surface area contributed by atoms with Crippen molar-refractivity contribution in [2.75, 3.05) is 13.7 Å². The highest BCUT2D eigenvalue weighted by Crippen LogP contribution is 2.50. The molecule has 0 saturated heterocycles. The van der Waals surface area contributed by atoms with Gasteiger partial charge in [-0.2, -0.15) is 0 Å². The molecule has 0 N–H and O–H groups in total. The van der Waals surface area contributed by atoms with Gasteiger partial charge in [0.2, 0.25) is 0 Å². The van der Waals surface area contributed by atoms with E-state index in [2.05, 4.69) is 6.58 Å². The van der Waals surface area contributed by atoms with Crippen molar-refractivity contribution in [2.24, 2.45) is 0 Å². The Bertz CT molecular complexity index is 522. The van der Waals surface area contributed by atoms with Gasteiger partial charge in [0.1, 0.15) is 11.5 Å². The van der Waals surface area contributed by atoms with Crippen molar-refractivity contribution in [3.8, 4) is 11.5 Å². The van der Waals surface area contributed by atoms with E-state index in [1.165, 1.54) is 26.2 Å². The third-order valence-corrected chi connectivity index (χ3v) is 3.51. The molecule has 1 atom stereocenters. The van der Waals surface area contributed by atoms with E-state index in [0.717, 1.165) is 0 Å². The Morgan fingerprint density at radius 2 is 1.80 bits per heavy atom. The lowest BCUT2D eigenvalue weighted by molar-refractivity contribution is -0.131. The molecule has 20 heavy (non-hydrogen) atoms. The molecule has 0 saturated carbocycles. The van der Waals surface area contributed by atoms with E-state index >= 15 is 0 Å². The molecule has 0 aliphatic rings. The molecule has 0 radical (unpaired) electrons. The molecule has 0 heterocycles. The molecule has 0 aromatic heterocycles. The summed E-state index contributed by atoms with van der Waals surface area (Å²) in [5.41, 5.74) is 0.100. The predicted octanol–water partition coefficient (Wildman–Crippen LogP) is 3.34. The smallest absolute Gasteiger partial charge is 0.497 e. The zero-order valence-electron chi connectivity index (χ0n) is 11.6. The number of carbonyl (C=O) groups excluding carboxylic acids is 1. The van der Waals surface area contributed by atoms with Crippen molar-refractivity contribution >= 4 is 13.8 Å². The third-order valence-electron chi connectivity index (χ3n) is 2.11. The van der Waals surface area contributed by atoms with Crippen molar-refractivity contribution in [3.05, 3.63) is 36.4 Å². The number of phosphoric acid groups is 1. The number of rotatable bonds is 7. The number of methoxy groups -OCH3 is 1. The summed E-state index contributed by atoms with van der Waals surface area (Å²) in [6.45, 7) is 6.52. The van der Waals surface area contributed by atoms with E-state index in [1.54, 1.807) is 19.1 Å².